The highest BCUT2D eigenvalue weighted by Crippen LogP contribution is 2.37. The number of hydrogen-bond donors (Lipinski definition) is 0. The van der Waals surface area contributed by atoms with Crippen molar-refractivity contribution in [3.63, 3.8) is 0 Å². The van der Waals surface area contributed by atoms with E-state index < -0.39 is 19.1 Å². The van der Waals surface area contributed by atoms with E-state index in [2.05, 4.69) is 15.9 Å². The van der Waals surface area contributed by atoms with Gasteiger partial charge in [0.2, 0.25) is 11.8 Å². The van der Waals surface area contributed by atoms with Gasteiger partial charge in [-0.25, -0.2) is 0 Å². The zero-order valence-corrected chi connectivity index (χ0v) is 18.5. The van der Waals surface area contributed by atoms with Gasteiger partial charge in [-0.15, -0.1) is 0 Å². The summed E-state index contributed by atoms with van der Waals surface area (Å²) in [6.45, 7) is -0.861. The number of imide groups is 1. The highest BCUT2D eigenvalue weighted by atomic mass is 79.9. The fourth-order valence-corrected chi connectivity index (χ4v) is 4.55. The lowest BCUT2D eigenvalue weighted by atomic mass is 9.81. The SMILES string of the molecule is O=C(CN1C(=O)C2CCCCC2C1=O)OCC(=O)c1ccc(-c2ccc(Br)cc2)cc1. The molecule has 31 heavy (non-hydrogen) atoms. The normalized spacial score (nSPS) is 20.5. The van der Waals surface area contributed by atoms with Crippen LogP contribution in [0.1, 0.15) is 36.0 Å². The minimum atomic E-state index is -0.750. The number of rotatable bonds is 6. The molecule has 2 amide bonds. The van der Waals surface area contributed by atoms with Crippen molar-refractivity contribution < 1.29 is 23.9 Å². The molecule has 2 fully saturated rings. The van der Waals surface area contributed by atoms with Gasteiger partial charge in [0.15, 0.2) is 12.4 Å². The summed E-state index contributed by atoms with van der Waals surface area (Å²) in [6.07, 6.45) is 3.23. The van der Waals surface area contributed by atoms with Crippen molar-refractivity contribution in [1.29, 1.82) is 0 Å². The van der Waals surface area contributed by atoms with Gasteiger partial charge in [0.05, 0.1) is 11.8 Å². The van der Waals surface area contributed by atoms with Gasteiger partial charge < -0.3 is 4.74 Å². The first kappa shape index (κ1) is 21.4. The number of fused-ring (bicyclic) bond motifs is 1. The van der Waals surface area contributed by atoms with Crippen LogP contribution in [0.4, 0.5) is 0 Å². The maximum absolute atomic E-state index is 12.4. The number of halogens is 1. The molecule has 1 heterocycles. The molecule has 4 rings (SSSR count). The molecule has 2 aromatic carbocycles. The molecule has 0 bridgehead atoms. The smallest absolute Gasteiger partial charge is 0.326 e. The van der Waals surface area contributed by atoms with Crippen LogP contribution in [0, 0.1) is 11.8 Å². The Hall–Kier alpha value is -2.80. The zero-order valence-electron chi connectivity index (χ0n) is 16.9. The third-order valence-electron chi connectivity index (χ3n) is 5.97. The van der Waals surface area contributed by atoms with Crippen LogP contribution in [0.25, 0.3) is 11.1 Å². The maximum Gasteiger partial charge on any atom is 0.326 e. The molecule has 1 saturated heterocycles. The van der Waals surface area contributed by atoms with Crippen LogP contribution in [-0.4, -0.2) is 41.6 Å². The van der Waals surface area contributed by atoms with Gasteiger partial charge in [0.1, 0.15) is 6.54 Å². The topological polar surface area (TPSA) is 80.8 Å². The number of hydrogen-bond acceptors (Lipinski definition) is 5. The number of nitrogens with zero attached hydrogens (tertiary/aromatic N) is 1. The minimum absolute atomic E-state index is 0.290. The van der Waals surface area contributed by atoms with Crippen molar-refractivity contribution in [2.45, 2.75) is 25.7 Å². The molecule has 1 aliphatic carbocycles. The summed E-state index contributed by atoms with van der Waals surface area (Å²) >= 11 is 3.40. The van der Waals surface area contributed by atoms with Crippen molar-refractivity contribution in [3.05, 3.63) is 58.6 Å². The molecule has 1 saturated carbocycles. The summed E-state index contributed by atoms with van der Waals surface area (Å²) in [5, 5.41) is 0. The number of Topliss-reactive ketones (excluding diaryl/α,β-unsaturated/α-hetero) is 1. The fourth-order valence-electron chi connectivity index (χ4n) is 4.28. The monoisotopic (exact) mass is 483 g/mol. The summed E-state index contributed by atoms with van der Waals surface area (Å²) in [6, 6.07) is 14.9. The van der Waals surface area contributed by atoms with E-state index in [1.165, 1.54) is 0 Å². The molecule has 2 unspecified atom stereocenters. The number of esters is 1. The Balaban J connectivity index is 1.31. The van der Waals surface area contributed by atoms with Crippen LogP contribution in [0.2, 0.25) is 0 Å². The average molecular weight is 484 g/mol. The molecule has 0 radical (unpaired) electrons. The van der Waals surface area contributed by atoms with Crippen molar-refractivity contribution >= 4 is 39.5 Å². The Labute approximate surface area is 188 Å². The van der Waals surface area contributed by atoms with E-state index in [0.717, 1.165) is 33.3 Å². The minimum Gasteiger partial charge on any atom is -0.456 e. The number of carbonyl (C=O) groups is 4. The van der Waals surface area contributed by atoms with Gasteiger partial charge in [0.25, 0.3) is 0 Å². The number of carbonyl (C=O) groups excluding carboxylic acids is 4. The van der Waals surface area contributed by atoms with Gasteiger partial charge in [0, 0.05) is 10.0 Å². The lowest BCUT2D eigenvalue weighted by Crippen LogP contribution is -2.37. The molecule has 160 valence electrons. The molecule has 2 atom stereocenters. The van der Waals surface area contributed by atoms with Crippen molar-refractivity contribution in [2.24, 2.45) is 11.8 Å². The average Bonchev–Trinajstić information content (AvgIpc) is 3.03. The molecule has 0 spiro atoms. The lowest BCUT2D eigenvalue weighted by molar-refractivity contribution is -0.152. The summed E-state index contributed by atoms with van der Waals surface area (Å²) < 4.78 is 6.05. The van der Waals surface area contributed by atoms with Gasteiger partial charge in [-0.1, -0.05) is 65.2 Å². The Morgan fingerprint density at radius 3 is 1.94 bits per heavy atom. The zero-order chi connectivity index (χ0) is 22.0. The number of ketones is 1. The Morgan fingerprint density at radius 1 is 0.871 bits per heavy atom. The van der Waals surface area contributed by atoms with Gasteiger partial charge in [-0.3, -0.25) is 24.1 Å². The first-order valence-corrected chi connectivity index (χ1v) is 11.1. The van der Waals surface area contributed by atoms with Crippen LogP contribution in [-0.2, 0) is 19.1 Å². The summed E-state index contributed by atoms with van der Waals surface area (Å²) in [5.74, 6) is -2.29. The maximum atomic E-state index is 12.4. The number of amides is 2. The van der Waals surface area contributed by atoms with Crippen molar-refractivity contribution in [2.75, 3.05) is 13.2 Å². The quantitative estimate of drug-likeness (QED) is 0.352. The van der Waals surface area contributed by atoms with Gasteiger partial charge >= 0.3 is 5.97 Å². The van der Waals surface area contributed by atoms with Crippen LogP contribution < -0.4 is 0 Å². The number of benzene rings is 2. The van der Waals surface area contributed by atoms with E-state index in [9.17, 15) is 19.2 Å². The highest BCUT2D eigenvalue weighted by Gasteiger charge is 2.48. The molecule has 0 N–H and O–H groups in total. The molecule has 0 aromatic heterocycles. The second kappa shape index (κ2) is 9.14. The molecule has 1 aliphatic heterocycles. The van der Waals surface area contributed by atoms with E-state index in [-0.39, 0.29) is 29.4 Å². The summed E-state index contributed by atoms with van der Waals surface area (Å²) in [5.41, 5.74) is 2.41. The number of ether oxygens (including phenoxy) is 1. The summed E-state index contributed by atoms with van der Waals surface area (Å²) in [7, 11) is 0. The van der Waals surface area contributed by atoms with E-state index in [4.69, 9.17) is 4.74 Å². The number of likely N-dealkylation sites (tertiary alicyclic amines) is 1. The molecule has 2 aliphatic rings. The predicted molar refractivity (Wildman–Crippen MR) is 117 cm³/mol. The first-order chi connectivity index (χ1) is 14.9. The van der Waals surface area contributed by atoms with Crippen molar-refractivity contribution in [1.82, 2.24) is 4.90 Å². The lowest BCUT2D eigenvalue weighted by Gasteiger charge is -2.19. The first-order valence-electron chi connectivity index (χ1n) is 10.3. The molecule has 7 heteroatoms. The van der Waals surface area contributed by atoms with E-state index in [0.29, 0.717) is 18.4 Å². The van der Waals surface area contributed by atoms with E-state index >= 15 is 0 Å². The van der Waals surface area contributed by atoms with E-state index in [1.807, 2.05) is 36.4 Å². The third kappa shape index (κ3) is 4.61. The third-order valence-corrected chi connectivity index (χ3v) is 6.50. The second-order valence-corrected chi connectivity index (χ2v) is 8.84. The van der Waals surface area contributed by atoms with Gasteiger partial charge in [-0.05, 0) is 36.1 Å². The van der Waals surface area contributed by atoms with Gasteiger partial charge in [-0.2, -0.15) is 0 Å². The van der Waals surface area contributed by atoms with Crippen LogP contribution in [0.15, 0.2) is 53.0 Å². The van der Waals surface area contributed by atoms with Crippen molar-refractivity contribution in [3.8, 4) is 11.1 Å². The van der Waals surface area contributed by atoms with Crippen LogP contribution >= 0.6 is 15.9 Å². The molecular formula is C24H22BrNO5. The van der Waals surface area contributed by atoms with E-state index in [1.54, 1.807) is 12.1 Å². The Bertz CT molecular complexity index is 991. The Morgan fingerprint density at radius 2 is 1.39 bits per heavy atom. The largest absolute Gasteiger partial charge is 0.456 e. The second-order valence-electron chi connectivity index (χ2n) is 7.93. The summed E-state index contributed by atoms with van der Waals surface area (Å²) in [4.78, 5) is 50.4. The van der Waals surface area contributed by atoms with Crippen LogP contribution in [0.3, 0.4) is 0 Å². The van der Waals surface area contributed by atoms with Crippen LogP contribution in [0.5, 0.6) is 0 Å². The standard InChI is InChI=1S/C24H22BrNO5/c25-18-11-9-16(10-12-18)15-5-7-17(8-6-15)21(27)14-31-22(28)13-26-23(29)19-3-1-2-4-20(19)24(26)30/h5-12,19-20H,1-4,13-14H2. The predicted octanol–water partition coefficient (Wildman–Crippen LogP) is 4.02. The fraction of sp³-hybridized carbons (Fsp3) is 0.333. The molecule has 6 nitrogen and oxygen atoms in total. The highest BCUT2D eigenvalue weighted by molar-refractivity contribution is 9.10. The Kier molecular flexibility index (Phi) is 6.32. The molecule has 2 aromatic rings. The molecular weight excluding hydrogens is 462 g/mol.